The molecule has 0 aliphatic carbocycles. The van der Waals surface area contributed by atoms with E-state index in [4.69, 9.17) is 16.3 Å². The molecule has 1 fully saturated rings. The Morgan fingerprint density at radius 2 is 1.95 bits per heavy atom. The maximum atomic E-state index is 13.0. The molecular formula is C14H13ClFN3O. The van der Waals surface area contributed by atoms with Gasteiger partial charge in [-0.05, 0) is 31.0 Å². The fraction of sp³-hybridized carbons (Fsp3) is 0.286. The van der Waals surface area contributed by atoms with Crippen LogP contribution in [0.3, 0.4) is 0 Å². The van der Waals surface area contributed by atoms with Gasteiger partial charge in [0.25, 0.3) is 0 Å². The molecule has 1 aromatic carbocycles. The summed E-state index contributed by atoms with van der Waals surface area (Å²) in [5.74, 6) is 1.21. The normalized spacial score (nSPS) is 14.6. The van der Waals surface area contributed by atoms with Crippen LogP contribution in [0.1, 0.15) is 12.8 Å². The van der Waals surface area contributed by atoms with Crippen molar-refractivity contribution in [3.63, 3.8) is 0 Å². The third-order valence-electron chi connectivity index (χ3n) is 3.17. The first-order valence-corrected chi connectivity index (χ1v) is 6.80. The number of anilines is 1. The summed E-state index contributed by atoms with van der Waals surface area (Å²) in [6, 6.07) is 5.75. The number of nitrogens with zero attached hydrogens (tertiary/aromatic N) is 3. The minimum Gasteiger partial charge on any atom is -0.437 e. The second kappa shape index (κ2) is 5.63. The van der Waals surface area contributed by atoms with Crippen molar-refractivity contribution in [1.29, 1.82) is 0 Å². The van der Waals surface area contributed by atoms with Crippen molar-refractivity contribution in [2.75, 3.05) is 18.0 Å². The molecule has 1 aromatic heterocycles. The van der Waals surface area contributed by atoms with Crippen LogP contribution in [0.5, 0.6) is 11.6 Å². The minimum absolute atomic E-state index is 0.214. The first-order chi connectivity index (χ1) is 9.72. The fourth-order valence-electron chi connectivity index (χ4n) is 2.18. The second-order valence-electron chi connectivity index (χ2n) is 4.59. The Balaban J connectivity index is 1.81. The number of aromatic nitrogens is 2. The summed E-state index contributed by atoms with van der Waals surface area (Å²) in [6.07, 6.45) is 3.80. The van der Waals surface area contributed by atoms with Gasteiger partial charge in [0.05, 0.1) is 5.02 Å². The molecule has 0 unspecified atom stereocenters. The van der Waals surface area contributed by atoms with E-state index in [9.17, 15) is 4.39 Å². The van der Waals surface area contributed by atoms with Crippen molar-refractivity contribution in [3.05, 3.63) is 41.4 Å². The number of benzene rings is 1. The molecule has 2 heterocycles. The van der Waals surface area contributed by atoms with E-state index in [2.05, 4.69) is 14.9 Å². The topological polar surface area (TPSA) is 38.2 Å². The molecule has 1 saturated heterocycles. The number of ether oxygens (including phenoxy) is 1. The molecule has 0 saturated carbocycles. The largest absolute Gasteiger partial charge is 0.437 e. The molecule has 0 spiro atoms. The van der Waals surface area contributed by atoms with Crippen molar-refractivity contribution in [2.45, 2.75) is 12.8 Å². The Morgan fingerprint density at radius 3 is 2.70 bits per heavy atom. The van der Waals surface area contributed by atoms with Gasteiger partial charge in [-0.1, -0.05) is 11.6 Å². The maximum absolute atomic E-state index is 13.0. The summed E-state index contributed by atoms with van der Waals surface area (Å²) in [6.45, 7) is 1.99. The average Bonchev–Trinajstić information content (AvgIpc) is 2.96. The Bertz CT molecular complexity index is 617. The third-order valence-corrected chi connectivity index (χ3v) is 3.46. The van der Waals surface area contributed by atoms with Crippen molar-refractivity contribution in [1.82, 2.24) is 9.97 Å². The van der Waals surface area contributed by atoms with Crippen molar-refractivity contribution >= 4 is 17.4 Å². The lowest BCUT2D eigenvalue weighted by molar-refractivity contribution is 0.460. The zero-order valence-electron chi connectivity index (χ0n) is 10.7. The highest BCUT2D eigenvalue weighted by molar-refractivity contribution is 6.32. The van der Waals surface area contributed by atoms with E-state index >= 15 is 0 Å². The van der Waals surface area contributed by atoms with E-state index < -0.39 is 5.82 Å². The highest BCUT2D eigenvalue weighted by atomic mass is 35.5. The van der Waals surface area contributed by atoms with E-state index in [1.165, 1.54) is 37.4 Å². The zero-order valence-corrected chi connectivity index (χ0v) is 11.5. The van der Waals surface area contributed by atoms with Crippen LogP contribution in [-0.4, -0.2) is 23.1 Å². The van der Waals surface area contributed by atoms with Gasteiger partial charge in [0.15, 0.2) is 0 Å². The molecule has 6 heteroatoms. The van der Waals surface area contributed by atoms with Crippen LogP contribution in [0.25, 0.3) is 0 Å². The van der Waals surface area contributed by atoms with Crippen LogP contribution < -0.4 is 9.64 Å². The first-order valence-electron chi connectivity index (χ1n) is 6.42. The SMILES string of the molecule is Fc1ccc(Oc2cc(N3CCCC3)ncn2)c(Cl)c1. The lowest BCUT2D eigenvalue weighted by Crippen LogP contribution is -2.18. The molecule has 0 amide bonds. The molecule has 0 atom stereocenters. The van der Waals surface area contributed by atoms with Crippen molar-refractivity contribution in [3.8, 4) is 11.6 Å². The Morgan fingerprint density at radius 1 is 1.15 bits per heavy atom. The molecule has 2 aromatic rings. The third kappa shape index (κ3) is 2.82. The van der Waals surface area contributed by atoms with Crippen LogP contribution in [0, 0.1) is 5.82 Å². The summed E-state index contributed by atoms with van der Waals surface area (Å²) < 4.78 is 18.6. The number of hydrogen-bond donors (Lipinski definition) is 0. The Hall–Kier alpha value is -1.88. The summed E-state index contributed by atoms with van der Waals surface area (Å²) in [7, 11) is 0. The van der Waals surface area contributed by atoms with Crippen LogP contribution in [0.15, 0.2) is 30.6 Å². The van der Waals surface area contributed by atoms with E-state index in [1.807, 2.05) is 0 Å². The van der Waals surface area contributed by atoms with Crippen molar-refractivity contribution < 1.29 is 9.13 Å². The van der Waals surface area contributed by atoms with Crippen LogP contribution in [0.4, 0.5) is 10.2 Å². The van der Waals surface area contributed by atoms with Gasteiger partial charge in [-0.3, -0.25) is 0 Å². The monoisotopic (exact) mass is 293 g/mol. The maximum Gasteiger partial charge on any atom is 0.224 e. The number of halogens is 2. The van der Waals surface area contributed by atoms with Gasteiger partial charge < -0.3 is 9.64 Å². The molecule has 0 radical (unpaired) electrons. The molecule has 1 aliphatic rings. The van der Waals surface area contributed by atoms with Gasteiger partial charge in [0, 0.05) is 19.2 Å². The summed E-state index contributed by atoms with van der Waals surface area (Å²) in [5, 5.41) is 0.214. The van der Waals surface area contributed by atoms with E-state index in [1.54, 1.807) is 6.07 Å². The second-order valence-corrected chi connectivity index (χ2v) is 4.99. The Labute approximate surface area is 121 Å². The standard InChI is InChI=1S/C14H13ClFN3O/c15-11-7-10(16)3-4-12(11)20-14-8-13(17-9-18-14)19-5-1-2-6-19/h3-4,7-9H,1-2,5-6H2. The smallest absolute Gasteiger partial charge is 0.224 e. The van der Waals surface area contributed by atoms with Gasteiger partial charge in [-0.15, -0.1) is 0 Å². The van der Waals surface area contributed by atoms with E-state index in [0.29, 0.717) is 11.6 Å². The molecule has 4 nitrogen and oxygen atoms in total. The Kier molecular flexibility index (Phi) is 3.69. The molecule has 104 valence electrons. The molecular weight excluding hydrogens is 281 g/mol. The summed E-state index contributed by atoms with van der Waals surface area (Å²) in [4.78, 5) is 10.5. The fourth-order valence-corrected chi connectivity index (χ4v) is 2.38. The van der Waals surface area contributed by atoms with Crippen LogP contribution >= 0.6 is 11.6 Å². The van der Waals surface area contributed by atoms with Gasteiger partial charge in [-0.25, -0.2) is 14.4 Å². The summed E-state index contributed by atoms with van der Waals surface area (Å²) >= 11 is 5.93. The minimum atomic E-state index is -0.400. The predicted molar refractivity (Wildman–Crippen MR) is 75.0 cm³/mol. The lowest BCUT2D eigenvalue weighted by atomic mass is 10.3. The molecule has 3 rings (SSSR count). The number of rotatable bonds is 3. The predicted octanol–water partition coefficient (Wildman–Crippen LogP) is 3.66. The van der Waals surface area contributed by atoms with Gasteiger partial charge >= 0.3 is 0 Å². The van der Waals surface area contributed by atoms with Crippen molar-refractivity contribution in [2.24, 2.45) is 0 Å². The highest BCUT2D eigenvalue weighted by Gasteiger charge is 2.15. The quantitative estimate of drug-likeness (QED) is 0.865. The molecule has 0 bridgehead atoms. The van der Waals surface area contributed by atoms with Gasteiger partial charge in [-0.2, -0.15) is 0 Å². The van der Waals surface area contributed by atoms with Gasteiger partial charge in [0.2, 0.25) is 5.88 Å². The first kappa shape index (κ1) is 13.1. The summed E-state index contributed by atoms with van der Waals surface area (Å²) in [5.41, 5.74) is 0. The van der Waals surface area contributed by atoms with Crippen LogP contribution in [-0.2, 0) is 0 Å². The molecule has 0 N–H and O–H groups in total. The van der Waals surface area contributed by atoms with Crippen LogP contribution in [0.2, 0.25) is 5.02 Å². The lowest BCUT2D eigenvalue weighted by Gasteiger charge is -2.16. The van der Waals surface area contributed by atoms with E-state index in [-0.39, 0.29) is 5.02 Å². The van der Waals surface area contributed by atoms with E-state index in [0.717, 1.165) is 18.9 Å². The average molecular weight is 294 g/mol. The molecule has 1 aliphatic heterocycles. The number of hydrogen-bond acceptors (Lipinski definition) is 4. The highest BCUT2D eigenvalue weighted by Crippen LogP contribution is 2.30. The molecule has 20 heavy (non-hydrogen) atoms. The van der Waals surface area contributed by atoms with Gasteiger partial charge in [0.1, 0.15) is 23.7 Å². The zero-order chi connectivity index (χ0) is 13.9.